The van der Waals surface area contributed by atoms with Crippen LogP contribution in [0.2, 0.25) is 0 Å². The summed E-state index contributed by atoms with van der Waals surface area (Å²) in [4.78, 5) is 11.9. The highest BCUT2D eigenvalue weighted by molar-refractivity contribution is 7.09. The predicted molar refractivity (Wildman–Crippen MR) is 108 cm³/mol. The van der Waals surface area contributed by atoms with E-state index in [1.807, 2.05) is 0 Å². The molecular weight excluding hydrogens is 348 g/mol. The van der Waals surface area contributed by atoms with Crippen molar-refractivity contribution in [2.45, 2.75) is 46.1 Å². The average molecular weight is 383 g/mol. The van der Waals surface area contributed by atoms with Gasteiger partial charge >= 0.3 is 0 Å². The fraction of sp³-hybridized carbons (Fsp3) is 0.789. The molecule has 1 aromatic rings. The topological polar surface area (TPSA) is 59.0 Å². The largest absolute Gasteiger partial charge is 0.382 e. The fourth-order valence-corrected chi connectivity index (χ4v) is 3.79. The third-order valence-electron chi connectivity index (χ3n) is 4.39. The molecule has 148 valence electrons. The van der Waals surface area contributed by atoms with Crippen molar-refractivity contribution in [3.63, 3.8) is 0 Å². The van der Waals surface area contributed by atoms with Crippen LogP contribution in [0.1, 0.15) is 44.8 Å². The van der Waals surface area contributed by atoms with E-state index in [9.17, 15) is 0 Å². The highest BCUT2D eigenvalue weighted by atomic mass is 32.1. The summed E-state index contributed by atoms with van der Waals surface area (Å²) in [5, 5.41) is 6.65. The van der Waals surface area contributed by atoms with Gasteiger partial charge in [-0.15, -0.1) is 11.3 Å². The number of aromatic nitrogens is 1. The smallest absolute Gasteiger partial charge is 0.194 e. The Balaban J connectivity index is 1.89. The van der Waals surface area contributed by atoms with E-state index < -0.39 is 0 Å². The summed E-state index contributed by atoms with van der Waals surface area (Å²) in [5.74, 6) is 1.54. The Labute approximate surface area is 162 Å². The first-order valence-corrected chi connectivity index (χ1v) is 10.4. The maximum atomic E-state index is 5.69. The van der Waals surface area contributed by atoms with Gasteiger partial charge in [-0.3, -0.25) is 0 Å². The van der Waals surface area contributed by atoms with Crippen LogP contribution in [0.25, 0.3) is 0 Å². The zero-order valence-electron chi connectivity index (χ0n) is 16.9. The molecule has 1 unspecified atom stereocenters. The van der Waals surface area contributed by atoms with Gasteiger partial charge in [0.2, 0.25) is 0 Å². The van der Waals surface area contributed by atoms with Crippen molar-refractivity contribution < 1.29 is 9.47 Å². The van der Waals surface area contributed by atoms with Crippen molar-refractivity contribution in [3.05, 3.63) is 16.1 Å². The molecule has 0 amide bonds. The van der Waals surface area contributed by atoms with Gasteiger partial charge in [-0.2, -0.15) is 0 Å². The molecule has 2 heterocycles. The number of nitrogens with one attached hydrogen (secondary N) is 1. The first kappa shape index (κ1) is 21.1. The quantitative estimate of drug-likeness (QED) is 0.426. The SMILES string of the molecule is CCNC(=NCc1nc(C(C)(C)C)cs1)N1CCC(COCCOC)C1. The normalized spacial score (nSPS) is 18.6. The molecule has 0 aromatic carbocycles. The summed E-state index contributed by atoms with van der Waals surface area (Å²) in [6.45, 7) is 14.3. The van der Waals surface area contributed by atoms with Gasteiger partial charge < -0.3 is 19.7 Å². The fourth-order valence-electron chi connectivity index (χ4n) is 2.85. The van der Waals surface area contributed by atoms with E-state index in [-0.39, 0.29) is 5.41 Å². The van der Waals surface area contributed by atoms with E-state index >= 15 is 0 Å². The molecule has 0 aliphatic carbocycles. The summed E-state index contributed by atoms with van der Waals surface area (Å²) < 4.78 is 10.7. The van der Waals surface area contributed by atoms with Crippen LogP contribution in [0.5, 0.6) is 0 Å². The Morgan fingerprint density at radius 3 is 2.88 bits per heavy atom. The Bertz CT molecular complexity index is 568. The Kier molecular flexibility index (Phi) is 8.31. The lowest BCUT2D eigenvalue weighted by molar-refractivity contribution is 0.0536. The van der Waals surface area contributed by atoms with E-state index in [2.05, 4.69) is 43.3 Å². The van der Waals surface area contributed by atoms with Crippen LogP contribution >= 0.6 is 11.3 Å². The number of ether oxygens (including phenoxy) is 2. The lowest BCUT2D eigenvalue weighted by Gasteiger charge is -2.21. The average Bonchev–Trinajstić information content (AvgIpc) is 3.24. The minimum atomic E-state index is 0.0912. The molecule has 1 aromatic heterocycles. The van der Waals surface area contributed by atoms with Gasteiger partial charge in [-0.05, 0) is 13.3 Å². The van der Waals surface area contributed by atoms with Crippen molar-refractivity contribution in [3.8, 4) is 0 Å². The van der Waals surface area contributed by atoms with Crippen molar-refractivity contribution in [1.82, 2.24) is 15.2 Å². The van der Waals surface area contributed by atoms with E-state index in [1.54, 1.807) is 18.4 Å². The molecule has 1 atom stereocenters. The molecule has 7 heteroatoms. The van der Waals surface area contributed by atoms with E-state index in [4.69, 9.17) is 19.5 Å². The molecule has 0 saturated carbocycles. The minimum Gasteiger partial charge on any atom is -0.382 e. The number of hydrogen-bond acceptors (Lipinski definition) is 5. The maximum absolute atomic E-state index is 5.69. The monoisotopic (exact) mass is 382 g/mol. The summed E-state index contributed by atoms with van der Waals surface area (Å²) in [6.07, 6.45) is 1.14. The second-order valence-corrected chi connectivity index (χ2v) is 8.66. The predicted octanol–water partition coefficient (Wildman–Crippen LogP) is 2.89. The molecule has 2 rings (SSSR count). The highest BCUT2D eigenvalue weighted by Crippen LogP contribution is 2.24. The molecule has 0 radical (unpaired) electrons. The number of methoxy groups -OCH3 is 1. The van der Waals surface area contributed by atoms with Gasteiger partial charge in [-0.25, -0.2) is 9.98 Å². The molecule has 0 spiro atoms. The molecule has 0 bridgehead atoms. The van der Waals surface area contributed by atoms with E-state index in [0.717, 1.165) is 49.3 Å². The first-order valence-electron chi connectivity index (χ1n) is 9.48. The van der Waals surface area contributed by atoms with E-state index in [0.29, 0.717) is 25.7 Å². The third kappa shape index (κ3) is 6.52. The molecule has 1 fully saturated rings. The summed E-state index contributed by atoms with van der Waals surface area (Å²) in [5.41, 5.74) is 1.24. The zero-order chi connectivity index (χ0) is 19.0. The second kappa shape index (κ2) is 10.2. The molecular formula is C19H34N4O2S. The Morgan fingerprint density at radius 1 is 1.42 bits per heavy atom. The highest BCUT2D eigenvalue weighted by Gasteiger charge is 2.25. The lowest BCUT2D eigenvalue weighted by Crippen LogP contribution is -2.40. The van der Waals surface area contributed by atoms with Gasteiger partial charge in [0.15, 0.2) is 5.96 Å². The van der Waals surface area contributed by atoms with Gasteiger partial charge in [0.05, 0.1) is 32.1 Å². The van der Waals surface area contributed by atoms with Gasteiger partial charge in [0.25, 0.3) is 0 Å². The molecule has 1 saturated heterocycles. The number of hydrogen-bond donors (Lipinski definition) is 1. The number of guanidine groups is 1. The lowest BCUT2D eigenvalue weighted by atomic mass is 9.93. The van der Waals surface area contributed by atoms with Crippen LogP contribution in [0.3, 0.4) is 0 Å². The number of rotatable bonds is 8. The van der Waals surface area contributed by atoms with Crippen molar-refractivity contribution in [2.75, 3.05) is 46.6 Å². The Hall–Kier alpha value is -1.18. The summed E-state index contributed by atoms with van der Waals surface area (Å²) in [6, 6.07) is 0. The van der Waals surface area contributed by atoms with Crippen LogP contribution < -0.4 is 5.32 Å². The number of likely N-dealkylation sites (tertiary alicyclic amines) is 1. The number of thiazole rings is 1. The van der Waals surface area contributed by atoms with Crippen molar-refractivity contribution in [2.24, 2.45) is 10.9 Å². The van der Waals surface area contributed by atoms with Crippen LogP contribution in [-0.4, -0.2) is 62.4 Å². The summed E-state index contributed by atoms with van der Waals surface area (Å²) >= 11 is 1.70. The first-order chi connectivity index (χ1) is 12.4. The van der Waals surface area contributed by atoms with Crippen LogP contribution in [-0.2, 0) is 21.4 Å². The van der Waals surface area contributed by atoms with Crippen LogP contribution in [0.4, 0.5) is 0 Å². The van der Waals surface area contributed by atoms with E-state index in [1.165, 1.54) is 0 Å². The molecule has 6 nitrogen and oxygen atoms in total. The zero-order valence-corrected chi connectivity index (χ0v) is 17.7. The van der Waals surface area contributed by atoms with Gasteiger partial charge in [0, 0.05) is 43.5 Å². The minimum absolute atomic E-state index is 0.0912. The van der Waals surface area contributed by atoms with Crippen molar-refractivity contribution >= 4 is 17.3 Å². The maximum Gasteiger partial charge on any atom is 0.194 e. The van der Waals surface area contributed by atoms with Crippen molar-refractivity contribution in [1.29, 1.82) is 0 Å². The van der Waals surface area contributed by atoms with Gasteiger partial charge in [-0.1, -0.05) is 20.8 Å². The number of nitrogens with zero attached hydrogens (tertiary/aromatic N) is 3. The molecule has 1 aliphatic heterocycles. The molecule has 1 aliphatic rings. The van der Waals surface area contributed by atoms with Crippen LogP contribution in [0, 0.1) is 5.92 Å². The second-order valence-electron chi connectivity index (χ2n) is 7.72. The molecule has 1 N–H and O–H groups in total. The summed E-state index contributed by atoms with van der Waals surface area (Å²) in [7, 11) is 1.70. The van der Waals surface area contributed by atoms with Gasteiger partial charge in [0.1, 0.15) is 5.01 Å². The third-order valence-corrected chi connectivity index (χ3v) is 5.22. The van der Waals surface area contributed by atoms with Crippen LogP contribution in [0.15, 0.2) is 10.4 Å². The standard InChI is InChI=1S/C19H34N4O2S/c1-6-20-18(21-11-17-22-16(14-26-17)19(2,3)4)23-8-7-15(12-23)13-25-10-9-24-5/h14-15H,6-13H2,1-5H3,(H,20,21). The Morgan fingerprint density at radius 2 is 2.23 bits per heavy atom. The number of aliphatic imine (C=N–C) groups is 1. The molecule has 26 heavy (non-hydrogen) atoms.